The second kappa shape index (κ2) is 8.76. The van der Waals surface area contributed by atoms with Crippen molar-refractivity contribution >= 4 is 62.5 Å². The minimum absolute atomic E-state index is 0.175. The average molecular weight is 467 g/mol. The Kier molecular flexibility index (Phi) is 6.95. The maximum Gasteiger partial charge on any atom is 0.279 e. The Morgan fingerprint density at radius 1 is 1.04 bits per heavy atom. The Hall–Kier alpha value is -1.47. The van der Waals surface area contributed by atoms with E-state index >= 15 is 0 Å². The molecule has 9 heteroatoms. The molecular formula is C16H12BrCl3N2O3. The highest BCUT2D eigenvalue weighted by molar-refractivity contribution is 9.10. The lowest BCUT2D eigenvalue weighted by molar-refractivity contribution is -0.128. The summed E-state index contributed by atoms with van der Waals surface area (Å²) in [5.41, 5.74) is 4.73. The van der Waals surface area contributed by atoms with Crippen LogP contribution in [0.1, 0.15) is 17.3 Å². The van der Waals surface area contributed by atoms with Crippen molar-refractivity contribution in [1.82, 2.24) is 10.9 Å². The second-order valence-corrected chi connectivity index (χ2v) is 7.04. The molecule has 0 aliphatic heterocycles. The molecule has 25 heavy (non-hydrogen) atoms. The van der Waals surface area contributed by atoms with Crippen LogP contribution < -0.4 is 15.6 Å². The molecule has 0 heterocycles. The SMILES string of the molecule is CC(Oc1ccc(Cl)cc1Br)C(=O)NNC(=O)c1ccc(Cl)cc1Cl. The summed E-state index contributed by atoms with van der Waals surface area (Å²) < 4.78 is 6.13. The second-order valence-electron chi connectivity index (χ2n) is 4.90. The van der Waals surface area contributed by atoms with Gasteiger partial charge in [-0.3, -0.25) is 20.4 Å². The van der Waals surface area contributed by atoms with Crippen LogP contribution in [0.4, 0.5) is 0 Å². The number of halogens is 4. The molecule has 0 saturated heterocycles. The van der Waals surface area contributed by atoms with Gasteiger partial charge in [0, 0.05) is 10.0 Å². The molecule has 1 unspecified atom stereocenters. The molecule has 0 aliphatic carbocycles. The Morgan fingerprint density at radius 3 is 2.32 bits per heavy atom. The van der Waals surface area contributed by atoms with Gasteiger partial charge in [0.15, 0.2) is 6.10 Å². The molecule has 2 aromatic rings. The average Bonchev–Trinajstić information content (AvgIpc) is 2.54. The van der Waals surface area contributed by atoms with E-state index < -0.39 is 17.9 Å². The van der Waals surface area contributed by atoms with E-state index in [1.165, 1.54) is 25.1 Å². The van der Waals surface area contributed by atoms with Crippen molar-refractivity contribution < 1.29 is 14.3 Å². The lowest BCUT2D eigenvalue weighted by Gasteiger charge is -2.16. The zero-order valence-corrected chi connectivity index (χ0v) is 16.6. The van der Waals surface area contributed by atoms with Crippen LogP contribution in [0.25, 0.3) is 0 Å². The highest BCUT2D eigenvalue weighted by Gasteiger charge is 2.18. The minimum Gasteiger partial charge on any atom is -0.480 e. The van der Waals surface area contributed by atoms with Crippen molar-refractivity contribution in [1.29, 1.82) is 0 Å². The summed E-state index contributed by atoms with van der Waals surface area (Å²) in [5.74, 6) is -0.672. The van der Waals surface area contributed by atoms with E-state index in [0.717, 1.165) is 0 Å². The van der Waals surface area contributed by atoms with Gasteiger partial charge >= 0.3 is 0 Å². The van der Waals surface area contributed by atoms with Crippen LogP contribution in [0.5, 0.6) is 5.75 Å². The minimum atomic E-state index is -0.863. The zero-order valence-electron chi connectivity index (χ0n) is 12.8. The number of hydrazine groups is 1. The number of ether oxygens (including phenoxy) is 1. The third kappa shape index (κ3) is 5.51. The van der Waals surface area contributed by atoms with Crippen molar-refractivity contribution in [2.45, 2.75) is 13.0 Å². The van der Waals surface area contributed by atoms with Crippen LogP contribution in [0.15, 0.2) is 40.9 Å². The smallest absolute Gasteiger partial charge is 0.279 e. The van der Waals surface area contributed by atoms with E-state index in [4.69, 9.17) is 39.5 Å². The maximum atomic E-state index is 12.1. The Bertz CT molecular complexity index is 817. The largest absolute Gasteiger partial charge is 0.480 e. The van der Waals surface area contributed by atoms with E-state index in [2.05, 4.69) is 26.8 Å². The fraction of sp³-hybridized carbons (Fsp3) is 0.125. The third-order valence-electron chi connectivity index (χ3n) is 3.04. The molecule has 0 spiro atoms. The molecule has 0 saturated carbocycles. The number of amides is 2. The van der Waals surface area contributed by atoms with Crippen molar-refractivity contribution in [2.24, 2.45) is 0 Å². The van der Waals surface area contributed by atoms with Crippen LogP contribution in [0.3, 0.4) is 0 Å². The molecule has 2 amide bonds. The zero-order chi connectivity index (χ0) is 18.6. The number of carbonyl (C=O) groups excluding carboxylic acids is 2. The lowest BCUT2D eigenvalue weighted by Crippen LogP contribution is -2.47. The first-order valence-corrected chi connectivity index (χ1v) is 8.87. The maximum absolute atomic E-state index is 12.1. The Balaban J connectivity index is 1.93. The van der Waals surface area contributed by atoms with E-state index in [1.54, 1.807) is 18.2 Å². The van der Waals surface area contributed by atoms with Gasteiger partial charge < -0.3 is 4.74 Å². The molecule has 0 fully saturated rings. The summed E-state index contributed by atoms with van der Waals surface area (Å²) in [4.78, 5) is 24.1. The lowest BCUT2D eigenvalue weighted by atomic mass is 10.2. The van der Waals surface area contributed by atoms with Gasteiger partial charge in [-0.15, -0.1) is 0 Å². The van der Waals surface area contributed by atoms with Crippen molar-refractivity contribution in [3.05, 3.63) is 61.5 Å². The first-order valence-electron chi connectivity index (χ1n) is 6.95. The standard InChI is InChI=1S/C16H12BrCl3N2O3/c1-8(25-14-5-3-9(18)6-12(14)17)15(23)21-22-16(24)11-4-2-10(19)7-13(11)20/h2-8H,1H3,(H,21,23)(H,22,24). The highest BCUT2D eigenvalue weighted by atomic mass is 79.9. The summed E-state index contributed by atoms with van der Waals surface area (Å²) in [6.07, 6.45) is -0.863. The van der Waals surface area contributed by atoms with Crippen LogP contribution in [0.2, 0.25) is 15.1 Å². The Morgan fingerprint density at radius 2 is 1.68 bits per heavy atom. The molecule has 0 bridgehead atoms. The van der Waals surface area contributed by atoms with Gasteiger partial charge in [0.1, 0.15) is 5.75 Å². The molecule has 0 aromatic heterocycles. The third-order valence-corrected chi connectivity index (χ3v) is 4.44. The fourth-order valence-corrected chi connectivity index (χ4v) is 3.05. The highest BCUT2D eigenvalue weighted by Crippen LogP contribution is 2.28. The number of carbonyl (C=O) groups is 2. The molecule has 5 nitrogen and oxygen atoms in total. The van der Waals surface area contributed by atoms with Crippen molar-refractivity contribution in [3.63, 3.8) is 0 Å². The molecule has 0 aliphatic rings. The molecule has 2 rings (SSSR count). The number of hydrogen-bond donors (Lipinski definition) is 2. The van der Waals surface area contributed by atoms with Crippen LogP contribution in [-0.4, -0.2) is 17.9 Å². The Labute approximate surface area is 167 Å². The van der Waals surface area contributed by atoms with Gasteiger partial charge in [0.05, 0.1) is 15.1 Å². The number of hydrogen-bond acceptors (Lipinski definition) is 3. The fourth-order valence-electron chi connectivity index (χ4n) is 1.78. The summed E-state index contributed by atoms with van der Waals surface area (Å²) in [7, 11) is 0. The van der Waals surface area contributed by atoms with Crippen LogP contribution in [-0.2, 0) is 4.79 Å². The molecule has 2 N–H and O–H groups in total. The van der Waals surface area contributed by atoms with Gasteiger partial charge in [0.25, 0.3) is 11.8 Å². The first-order chi connectivity index (χ1) is 11.8. The van der Waals surface area contributed by atoms with Crippen LogP contribution >= 0.6 is 50.7 Å². The van der Waals surface area contributed by atoms with Crippen molar-refractivity contribution in [2.75, 3.05) is 0 Å². The molecule has 2 aromatic carbocycles. The van der Waals surface area contributed by atoms with E-state index in [9.17, 15) is 9.59 Å². The van der Waals surface area contributed by atoms with Crippen molar-refractivity contribution in [3.8, 4) is 5.75 Å². The normalized spacial score (nSPS) is 11.6. The van der Waals surface area contributed by atoms with E-state index in [0.29, 0.717) is 20.3 Å². The number of benzene rings is 2. The van der Waals surface area contributed by atoms with Gasteiger partial charge in [0.2, 0.25) is 0 Å². The van der Waals surface area contributed by atoms with Crippen LogP contribution in [0, 0.1) is 0 Å². The van der Waals surface area contributed by atoms with E-state index in [1.807, 2.05) is 0 Å². The number of rotatable bonds is 4. The molecular weight excluding hydrogens is 454 g/mol. The predicted octanol–water partition coefficient (Wildman–Crippen LogP) is 4.64. The summed E-state index contributed by atoms with van der Waals surface area (Å²) in [6.45, 7) is 1.54. The summed E-state index contributed by atoms with van der Waals surface area (Å²) >= 11 is 20.9. The monoisotopic (exact) mass is 464 g/mol. The van der Waals surface area contributed by atoms with Gasteiger partial charge in [-0.25, -0.2) is 0 Å². The first kappa shape index (κ1) is 19.8. The topological polar surface area (TPSA) is 67.4 Å². The molecule has 1 atom stereocenters. The predicted molar refractivity (Wildman–Crippen MR) is 101 cm³/mol. The number of nitrogens with one attached hydrogen (secondary N) is 2. The molecule has 0 radical (unpaired) electrons. The van der Waals surface area contributed by atoms with Gasteiger partial charge in [-0.1, -0.05) is 34.8 Å². The van der Waals surface area contributed by atoms with Gasteiger partial charge in [-0.2, -0.15) is 0 Å². The molecule has 132 valence electrons. The van der Waals surface area contributed by atoms with E-state index in [-0.39, 0.29) is 10.6 Å². The summed E-state index contributed by atoms with van der Waals surface area (Å²) in [6, 6.07) is 9.32. The van der Waals surface area contributed by atoms with Gasteiger partial charge in [-0.05, 0) is 59.3 Å². The quantitative estimate of drug-likeness (QED) is 0.646. The summed E-state index contributed by atoms with van der Waals surface area (Å²) in [5, 5.41) is 1.11.